The molecular weight excluding hydrogens is 160 g/mol. The maximum absolute atomic E-state index is 4.11. The molecule has 1 aromatic rings. The van der Waals surface area contributed by atoms with E-state index in [4.69, 9.17) is 0 Å². The third-order valence-corrected chi connectivity index (χ3v) is 1.72. The van der Waals surface area contributed by atoms with Gasteiger partial charge in [-0.05, 0) is 11.3 Å². The molecule has 1 heterocycles. The number of benzene rings is 1. The third kappa shape index (κ3) is 2.06. The van der Waals surface area contributed by atoms with Crippen molar-refractivity contribution < 1.29 is 0 Å². The molecule has 0 amide bonds. The number of aliphatic imine (C=N–C) groups is 1. The van der Waals surface area contributed by atoms with Gasteiger partial charge in [-0.3, -0.25) is 0 Å². The van der Waals surface area contributed by atoms with E-state index in [1.54, 1.807) is 12.5 Å². The Bertz CT molecular complexity index is 347. The van der Waals surface area contributed by atoms with Gasteiger partial charge in [-0.15, -0.1) is 0 Å². The summed E-state index contributed by atoms with van der Waals surface area (Å²) in [6.45, 7) is 0. The van der Waals surface area contributed by atoms with Crippen LogP contribution in [0.4, 0.5) is 0 Å². The van der Waals surface area contributed by atoms with E-state index in [1.807, 2.05) is 42.5 Å². The lowest BCUT2D eigenvalue weighted by Gasteiger charge is -2.10. The lowest BCUT2D eigenvalue weighted by atomic mass is 10.2. The predicted molar refractivity (Wildman–Crippen MR) is 55.4 cm³/mol. The second kappa shape index (κ2) is 3.72. The van der Waals surface area contributed by atoms with Crippen LogP contribution in [-0.4, -0.2) is 6.34 Å². The van der Waals surface area contributed by atoms with Crippen molar-refractivity contribution in [1.29, 1.82) is 0 Å². The van der Waals surface area contributed by atoms with Crippen LogP contribution in [0, 0.1) is 0 Å². The van der Waals surface area contributed by atoms with Crippen LogP contribution >= 0.6 is 0 Å². The first-order chi connectivity index (χ1) is 6.45. The average Bonchev–Trinajstić information content (AvgIpc) is 2.21. The van der Waals surface area contributed by atoms with Crippen molar-refractivity contribution in [3.8, 4) is 0 Å². The van der Waals surface area contributed by atoms with Crippen molar-refractivity contribution in [2.75, 3.05) is 0 Å². The third-order valence-electron chi connectivity index (χ3n) is 1.72. The fourth-order valence-electron chi connectivity index (χ4n) is 1.11. The van der Waals surface area contributed by atoms with Crippen molar-refractivity contribution >= 4 is 12.4 Å². The van der Waals surface area contributed by atoms with Crippen molar-refractivity contribution in [1.82, 2.24) is 0 Å². The Balaban J connectivity index is 2.25. The quantitative estimate of drug-likeness (QED) is 0.618. The Hall–Kier alpha value is -1.83. The molecule has 2 rings (SSSR count). The van der Waals surface area contributed by atoms with Gasteiger partial charge in [0.1, 0.15) is 0 Å². The van der Waals surface area contributed by atoms with E-state index < -0.39 is 0 Å². The van der Waals surface area contributed by atoms with Crippen molar-refractivity contribution in [3.05, 3.63) is 59.2 Å². The summed E-state index contributed by atoms with van der Waals surface area (Å²) in [7, 11) is 0. The highest BCUT2D eigenvalue weighted by Gasteiger charge is 1.86. The van der Waals surface area contributed by atoms with Crippen LogP contribution in [0.25, 0.3) is 11.4 Å². The van der Waals surface area contributed by atoms with E-state index in [0.717, 1.165) is 11.3 Å². The maximum Gasteiger partial charge on any atom is -0.0254 e. The highest BCUT2D eigenvalue weighted by Crippen LogP contribution is 2.11. The zero-order valence-corrected chi connectivity index (χ0v) is 7.09. The smallest absolute Gasteiger partial charge is 0.0254 e. The number of rotatable bonds is 1. The molecule has 13 heavy (non-hydrogen) atoms. The van der Waals surface area contributed by atoms with Crippen LogP contribution in [0.2, 0.25) is 0 Å². The first-order valence-corrected chi connectivity index (χ1v) is 4.11. The Morgan fingerprint density at radius 1 is 1.15 bits per heavy atom. The van der Waals surface area contributed by atoms with Gasteiger partial charge in [-0.25, -0.2) is 0 Å². The molecule has 0 unspecified atom stereocenters. The number of hydrogen-bond acceptors (Lipinski definition) is 1. The van der Waals surface area contributed by atoms with Gasteiger partial charge in [-0.1, -0.05) is 55.0 Å². The standard InChI is InChI=1S/C11H9N2/c1-2-4-10(5-3-1)8-11-6-7-12-9-13-11/h1-9H/q-1/b11-8-. The summed E-state index contributed by atoms with van der Waals surface area (Å²) in [4.78, 5) is 4.11. The zero-order valence-electron chi connectivity index (χ0n) is 7.09. The highest BCUT2D eigenvalue weighted by atomic mass is 14.9. The molecule has 1 aliphatic heterocycles. The average molecular weight is 169 g/mol. The summed E-state index contributed by atoms with van der Waals surface area (Å²) >= 11 is 0. The Morgan fingerprint density at radius 2 is 2.00 bits per heavy atom. The molecular formula is C11H9N2-. The predicted octanol–water partition coefficient (Wildman–Crippen LogP) is 2.96. The van der Waals surface area contributed by atoms with Gasteiger partial charge in [0, 0.05) is 0 Å². The summed E-state index contributed by atoms with van der Waals surface area (Å²) in [5.41, 5.74) is 2.09. The van der Waals surface area contributed by atoms with Crippen LogP contribution in [0.15, 0.2) is 53.3 Å². The SMILES string of the molecule is C1=C/C(=C/c2ccccc2)N=C[N-]1. The van der Waals surface area contributed by atoms with Crippen molar-refractivity contribution in [2.45, 2.75) is 0 Å². The molecule has 0 aromatic heterocycles. The van der Waals surface area contributed by atoms with E-state index >= 15 is 0 Å². The molecule has 0 saturated heterocycles. The minimum atomic E-state index is 0.932. The molecule has 0 bridgehead atoms. The Labute approximate surface area is 77.3 Å². The van der Waals surface area contributed by atoms with E-state index in [2.05, 4.69) is 10.3 Å². The lowest BCUT2D eigenvalue weighted by molar-refractivity contribution is 1.42. The number of hydrogen-bond donors (Lipinski definition) is 0. The van der Waals surface area contributed by atoms with Crippen LogP contribution in [0.1, 0.15) is 5.56 Å². The van der Waals surface area contributed by atoms with Crippen LogP contribution in [-0.2, 0) is 0 Å². The topological polar surface area (TPSA) is 26.5 Å². The van der Waals surface area contributed by atoms with Crippen molar-refractivity contribution in [3.63, 3.8) is 0 Å². The fourth-order valence-corrected chi connectivity index (χ4v) is 1.11. The van der Waals surface area contributed by atoms with Gasteiger partial charge in [0.2, 0.25) is 0 Å². The molecule has 0 atom stereocenters. The first-order valence-electron chi connectivity index (χ1n) is 4.11. The molecule has 1 aromatic carbocycles. The summed E-state index contributed by atoms with van der Waals surface area (Å²) in [6.07, 6.45) is 7.19. The molecule has 0 N–H and O–H groups in total. The van der Waals surface area contributed by atoms with Gasteiger partial charge in [0.15, 0.2) is 0 Å². The molecule has 0 spiro atoms. The largest absolute Gasteiger partial charge is 0.449 e. The van der Waals surface area contributed by atoms with E-state index in [9.17, 15) is 0 Å². The van der Waals surface area contributed by atoms with Crippen LogP contribution < -0.4 is 0 Å². The van der Waals surface area contributed by atoms with Gasteiger partial charge in [-0.2, -0.15) is 0 Å². The molecule has 0 radical (unpaired) electrons. The monoisotopic (exact) mass is 169 g/mol. The second-order valence-corrected chi connectivity index (χ2v) is 2.69. The molecule has 0 fully saturated rings. The van der Waals surface area contributed by atoms with Crippen LogP contribution in [0.3, 0.4) is 0 Å². The molecule has 2 nitrogen and oxygen atoms in total. The van der Waals surface area contributed by atoms with Gasteiger partial charge in [0.05, 0.1) is 0 Å². The second-order valence-electron chi connectivity index (χ2n) is 2.69. The van der Waals surface area contributed by atoms with E-state index in [-0.39, 0.29) is 0 Å². The summed E-state index contributed by atoms with van der Waals surface area (Å²) in [6, 6.07) is 10.1. The minimum Gasteiger partial charge on any atom is -0.449 e. The molecule has 1 aliphatic rings. The summed E-state index contributed by atoms with van der Waals surface area (Å²) in [5.74, 6) is 0. The van der Waals surface area contributed by atoms with Gasteiger partial charge < -0.3 is 10.3 Å². The number of nitrogens with zero attached hydrogens (tertiary/aromatic N) is 2. The molecule has 64 valence electrons. The molecule has 0 aliphatic carbocycles. The van der Waals surface area contributed by atoms with E-state index in [1.165, 1.54) is 0 Å². The first kappa shape index (κ1) is 7.80. The summed E-state index contributed by atoms with van der Waals surface area (Å²) in [5, 5.41) is 3.86. The Morgan fingerprint density at radius 3 is 2.69 bits per heavy atom. The highest BCUT2D eigenvalue weighted by molar-refractivity contribution is 5.78. The zero-order chi connectivity index (χ0) is 8.93. The molecule has 2 heteroatoms. The minimum absolute atomic E-state index is 0.932. The van der Waals surface area contributed by atoms with Gasteiger partial charge >= 0.3 is 0 Å². The summed E-state index contributed by atoms with van der Waals surface area (Å²) < 4.78 is 0. The Kier molecular flexibility index (Phi) is 2.23. The van der Waals surface area contributed by atoms with Crippen LogP contribution in [0.5, 0.6) is 0 Å². The normalized spacial score (nSPS) is 17.4. The number of allylic oxidation sites excluding steroid dienone is 1. The molecule has 0 saturated carbocycles. The fraction of sp³-hybridized carbons (Fsp3) is 0. The maximum atomic E-state index is 4.11. The van der Waals surface area contributed by atoms with Crippen molar-refractivity contribution in [2.24, 2.45) is 4.99 Å². The van der Waals surface area contributed by atoms with E-state index in [0.29, 0.717) is 0 Å². The van der Waals surface area contributed by atoms with Gasteiger partial charge in [0.25, 0.3) is 0 Å². The lowest BCUT2D eigenvalue weighted by Crippen LogP contribution is -1.81.